The largest absolute Gasteiger partial charge is 0.317 e. The van der Waals surface area contributed by atoms with Crippen molar-refractivity contribution in [3.63, 3.8) is 0 Å². The maximum absolute atomic E-state index is 3.51. The summed E-state index contributed by atoms with van der Waals surface area (Å²) in [6.07, 6.45) is 5.54. The summed E-state index contributed by atoms with van der Waals surface area (Å²) < 4.78 is 0. The molecule has 2 saturated heterocycles. The van der Waals surface area contributed by atoms with Crippen LogP contribution in [0, 0.1) is 17.3 Å². The molecule has 17 heavy (non-hydrogen) atoms. The predicted molar refractivity (Wildman–Crippen MR) is 74.2 cm³/mol. The first-order chi connectivity index (χ1) is 8.13. The first-order valence-electron chi connectivity index (χ1n) is 7.56. The lowest BCUT2D eigenvalue weighted by molar-refractivity contribution is 0.0604. The molecule has 0 bridgehead atoms. The van der Waals surface area contributed by atoms with Gasteiger partial charge in [0.2, 0.25) is 0 Å². The predicted octanol–water partition coefficient (Wildman–Crippen LogP) is 2.74. The van der Waals surface area contributed by atoms with Gasteiger partial charge in [-0.15, -0.1) is 0 Å². The van der Waals surface area contributed by atoms with E-state index < -0.39 is 0 Å². The quantitative estimate of drug-likeness (QED) is 0.813. The molecule has 2 aliphatic rings. The van der Waals surface area contributed by atoms with Gasteiger partial charge in [0.15, 0.2) is 0 Å². The molecule has 0 aliphatic carbocycles. The van der Waals surface area contributed by atoms with Crippen molar-refractivity contribution in [2.45, 2.75) is 46.5 Å². The van der Waals surface area contributed by atoms with E-state index in [1.807, 2.05) is 0 Å². The first kappa shape index (κ1) is 13.4. The second kappa shape index (κ2) is 5.71. The zero-order chi connectivity index (χ0) is 12.3. The highest BCUT2D eigenvalue weighted by atomic mass is 15.1. The lowest BCUT2D eigenvalue weighted by atomic mass is 9.75. The highest BCUT2D eigenvalue weighted by molar-refractivity contribution is 4.88. The Morgan fingerprint density at radius 2 is 1.71 bits per heavy atom. The molecular formula is C15H30N2. The Morgan fingerprint density at radius 3 is 2.24 bits per heavy atom. The van der Waals surface area contributed by atoms with Gasteiger partial charge in [0.25, 0.3) is 0 Å². The Morgan fingerprint density at radius 1 is 1.12 bits per heavy atom. The van der Waals surface area contributed by atoms with Gasteiger partial charge in [-0.1, -0.05) is 20.8 Å². The molecule has 2 nitrogen and oxygen atoms in total. The van der Waals surface area contributed by atoms with Crippen molar-refractivity contribution in [1.29, 1.82) is 0 Å². The van der Waals surface area contributed by atoms with Crippen LogP contribution in [0.2, 0.25) is 0 Å². The van der Waals surface area contributed by atoms with Crippen LogP contribution in [0.15, 0.2) is 0 Å². The van der Waals surface area contributed by atoms with E-state index in [-0.39, 0.29) is 0 Å². The number of likely N-dealkylation sites (tertiary alicyclic amines) is 1. The Balaban J connectivity index is 1.93. The molecule has 0 aromatic rings. The van der Waals surface area contributed by atoms with Crippen LogP contribution in [0.25, 0.3) is 0 Å². The monoisotopic (exact) mass is 238 g/mol. The van der Waals surface area contributed by atoms with Gasteiger partial charge in [0, 0.05) is 19.6 Å². The van der Waals surface area contributed by atoms with E-state index in [1.54, 1.807) is 0 Å². The third-order valence-corrected chi connectivity index (χ3v) is 4.92. The van der Waals surface area contributed by atoms with Gasteiger partial charge in [-0.25, -0.2) is 0 Å². The zero-order valence-corrected chi connectivity index (χ0v) is 12.0. The summed E-state index contributed by atoms with van der Waals surface area (Å²) in [7, 11) is 0. The maximum atomic E-state index is 3.51. The second-order valence-corrected chi connectivity index (χ2v) is 6.74. The van der Waals surface area contributed by atoms with E-state index in [9.17, 15) is 0 Å². The molecule has 0 aromatic heterocycles. The highest BCUT2D eigenvalue weighted by Crippen LogP contribution is 2.35. The average molecular weight is 238 g/mol. The van der Waals surface area contributed by atoms with Gasteiger partial charge in [-0.2, -0.15) is 0 Å². The molecule has 100 valence electrons. The molecule has 2 rings (SSSR count). The van der Waals surface area contributed by atoms with Gasteiger partial charge < -0.3 is 10.2 Å². The smallest absolute Gasteiger partial charge is 0.00390 e. The number of nitrogens with zero attached hydrogens (tertiary/aromatic N) is 1. The van der Waals surface area contributed by atoms with Crippen molar-refractivity contribution < 1.29 is 0 Å². The molecule has 1 N–H and O–H groups in total. The molecule has 0 spiro atoms. The van der Waals surface area contributed by atoms with Crippen LogP contribution in [-0.4, -0.2) is 37.6 Å². The molecular weight excluding hydrogens is 208 g/mol. The summed E-state index contributed by atoms with van der Waals surface area (Å²) in [5.41, 5.74) is 0.613. The highest BCUT2D eigenvalue weighted by Gasteiger charge is 2.34. The minimum absolute atomic E-state index is 0.613. The third kappa shape index (κ3) is 3.45. The Bertz CT molecular complexity index is 223. The van der Waals surface area contributed by atoms with Crippen molar-refractivity contribution in [3.05, 3.63) is 0 Å². The molecule has 2 atom stereocenters. The SMILES string of the molecule is CCC1(CN2CC(C)CC(C)C2)CCNCC1. The van der Waals surface area contributed by atoms with Gasteiger partial charge >= 0.3 is 0 Å². The summed E-state index contributed by atoms with van der Waals surface area (Å²) in [6, 6.07) is 0. The van der Waals surface area contributed by atoms with E-state index in [4.69, 9.17) is 0 Å². The second-order valence-electron chi connectivity index (χ2n) is 6.74. The summed E-state index contributed by atoms with van der Waals surface area (Å²) in [6.45, 7) is 13.7. The maximum Gasteiger partial charge on any atom is 0.00390 e. The van der Waals surface area contributed by atoms with E-state index in [2.05, 4.69) is 31.0 Å². The number of nitrogens with one attached hydrogen (secondary N) is 1. The van der Waals surface area contributed by atoms with Crippen molar-refractivity contribution in [1.82, 2.24) is 10.2 Å². The fourth-order valence-electron chi connectivity index (χ4n) is 3.98. The normalized spacial score (nSPS) is 34.8. The fraction of sp³-hybridized carbons (Fsp3) is 1.00. The Hall–Kier alpha value is -0.0800. The average Bonchev–Trinajstić information content (AvgIpc) is 2.29. The summed E-state index contributed by atoms with van der Waals surface area (Å²) >= 11 is 0. The van der Waals surface area contributed by atoms with Crippen molar-refractivity contribution in [2.24, 2.45) is 17.3 Å². The van der Waals surface area contributed by atoms with Crippen LogP contribution in [0.1, 0.15) is 46.5 Å². The van der Waals surface area contributed by atoms with Crippen LogP contribution in [-0.2, 0) is 0 Å². The molecule has 2 unspecified atom stereocenters. The lowest BCUT2D eigenvalue weighted by Crippen LogP contribution is -2.48. The van der Waals surface area contributed by atoms with Gasteiger partial charge in [-0.05, 0) is 56.0 Å². The molecule has 2 aliphatic heterocycles. The fourth-order valence-corrected chi connectivity index (χ4v) is 3.98. The van der Waals surface area contributed by atoms with Gasteiger partial charge in [-0.3, -0.25) is 0 Å². The number of piperidine rings is 2. The summed E-state index contributed by atoms with van der Waals surface area (Å²) in [5.74, 6) is 1.80. The van der Waals surface area contributed by atoms with Crippen LogP contribution in [0.3, 0.4) is 0 Å². The van der Waals surface area contributed by atoms with E-state index in [0.29, 0.717) is 5.41 Å². The zero-order valence-electron chi connectivity index (χ0n) is 12.0. The van der Waals surface area contributed by atoms with Crippen LogP contribution in [0.5, 0.6) is 0 Å². The minimum Gasteiger partial charge on any atom is -0.317 e. The third-order valence-electron chi connectivity index (χ3n) is 4.92. The van der Waals surface area contributed by atoms with Crippen LogP contribution < -0.4 is 5.32 Å². The molecule has 0 saturated carbocycles. The molecule has 2 heteroatoms. The van der Waals surface area contributed by atoms with Crippen LogP contribution in [0.4, 0.5) is 0 Å². The first-order valence-corrected chi connectivity index (χ1v) is 7.56. The van der Waals surface area contributed by atoms with Crippen LogP contribution >= 0.6 is 0 Å². The van der Waals surface area contributed by atoms with E-state index >= 15 is 0 Å². The number of rotatable bonds is 3. The standard InChI is InChI=1S/C15H30N2/c1-4-15(5-7-16-8-6-15)12-17-10-13(2)9-14(3)11-17/h13-14,16H,4-12H2,1-3H3. The van der Waals surface area contributed by atoms with Gasteiger partial charge in [0.1, 0.15) is 0 Å². The van der Waals surface area contributed by atoms with E-state index in [1.165, 1.54) is 58.4 Å². The number of hydrogen-bond acceptors (Lipinski definition) is 2. The minimum atomic E-state index is 0.613. The molecule has 0 aromatic carbocycles. The molecule has 2 heterocycles. The molecule has 0 radical (unpaired) electrons. The molecule has 2 fully saturated rings. The topological polar surface area (TPSA) is 15.3 Å². The van der Waals surface area contributed by atoms with Gasteiger partial charge in [0.05, 0.1) is 0 Å². The summed E-state index contributed by atoms with van der Waals surface area (Å²) in [5, 5.41) is 3.51. The van der Waals surface area contributed by atoms with Crippen molar-refractivity contribution in [3.8, 4) is 0 Å². The Labute approximate surface area is 107 Å². The van der Waals surface area contributed by atoms with Crippen molar-refractivity contribution >= 4 is 0 Å². The van der Waals surface area contributed by atoms with Crippen molar-refractivity contribution in [2.75, 3.05) is 32.7 Å². The molecule has 0 amide bonds. The number of hydrogen-bond donors (Lipinski definition) is 1. The summed E-state index contributed by atoms with van der Waals surface area (Å²) in [4.78, 5) is 2.76. The Kier molecular flexibility index (Phi) is 4.48. The lowest BCUT2D eigenvalue weighted by Gasteiger charge is -2.44. The van der Waals surface area contributed by atoms with E-state index in [0.717, 1.165) is 11.8 Å².